The maximum atomic E-state index is 13.8. The van der Waals surface area contributed by atoms with Crippen LogP contribution in [0.25, 0.3) is 0 Å². The molecule has 4 atom stereocenters. The van der Waals surface area contributed by atoms with Crippen molar-refractivity contribution >= 4 is 27.5 Å². The summed E-state index contributed by atoms with van der Waals surface area (Å²) in [5, 5.41) is 20.4. The van der Waals surface area contributed by atoms with Gasteiger partial charge in [-0.25, -0.2) is 12.8 Å². The summed E-state index contributed by atoms with van der Waals surface area (Å²) in [4.78, 5) is 27.2. The molecule has 0 aliphatic rings. The van der Waals surface area contributed by atoms with Gasteiger partial charge in [0.2, 0.25) is 10.0 Å². The molecule has 47 heavy (non-hydrogen) atoms. The van der Waals surface area contributed by atoms with E-state index in [0.717, 1.165) is 27.3 Å². The Morgan fingerprint density at radius 1 is 0.787 bits per heavy atom. The minimum absolute atomic E-state index is 0.0495. The molecular formula is C36H41FN4O5S. The highest BCUT2D eigenvalue weighted by molar-refractivity contribution is 7.92. The lowest BCUT2D eigenvalue weighted by Crippen LogP contribution is -2.49. The Kier molecular flexibility index (Phi) is 11.9. The number of carbonyl (C=O) groups is 2. The second kappa shape index (κ2) is 15.8. The molecule has 0 heterocycles. The van der Waals surface area contributed by atoms with Crippen LogP contribution in [0.5, 0.6) is 0 Å². The third-order valence-corrected chi connectivity index (χ3v) is 9.24. The third-order valence-electron chi connectivity index (χ3n) is 8.03. The molecule has 0 saturated heterocycles. The van der Waals surface area contributed by atoms with Crippen LogP contribution < -0.4 is 20.3 Å². The van der Waals surface area contributed by atoms with E-state index >= 15 is 0 Å². The number of sulfonamides is 1. The minimum Gasteiger partial charge on any atom is -0.390 e. The Labute approximate surface area is 275 Å². The van der Waals surface area contributed by atoms with E-state index in [-0.39, 0.29) is 41.3 Å². The van der Waals surface area contributed by atoms with Crippen molar-refractivity contribution in [2.24, 2.45) is 0 Å². The summed E-state index contributed by atoms with van der Waals surface area (Å²) in [6.07, 6.45) is 0.285. The van der Waals surface area contributed by atoms with Gasteiger partial charge in [0.1, 0.15) is 5.82 Å². The first-order chi connectivity index (χ1) is 22.3. The van der Waals surface area contributed by atoms with Crippen LogP contribution in [0, 0.1) is 5.82 Å². The van der Waals surface area contributed by atoms with Crippen LogP contribution in [0.4, 0.5) is 10.1 Å². The zero-order valence-corrected chi connectivity index (χ0v) is 27.7. The first-order valence-electron chi connectivity index (χ1n) is 15.3. The van der Waals surface area contributed by atoms with Gasteiger partial charge in [-0.1, -0.05) is 72.8 Å². The lowest BCUT2D eigenvalue weighted by Gasteiger charge is -2.27. The second-order valence-corrected chi connectivity index (χ2v) is 13.6. The molecule has 9 nitrogen and oxygen atoms in total. The van der Waals surface area contributed by atoms with Crippen LogP contribution in [0.15, 0.2) is 103 Å². The van der Waals surface area contributed by atoms with Gasteiger partial charge in [-0.3, -0.25) is 13.9 Å². The van der Waals surface area contributed by atoms with Crippen LogP contribution in [-0.2, 0) is 16.4 Å². The van der Waals surface area contributed by atoms with Crippen molar-refractivity contribution in [3.05, 3.63) is 137 Å². The van der Waals surface area contributed by atoms with E-state index in [1.165, 1.54) is 37.4 Å². The van der Waals surface area contributed by atoms with E-state index < -0.39 is 34.0 Å². The Bertz CT molecular complexity index is 1760. The van der Waals surface area contributed by atoms with Gasteiger partial charge in [0, 0.05) is 30.8 Å². The summed E-state index contributed by atoms with van der Waals surface area (Å²) in [6.45, 7) is 3.83. The number of hydrogen-bond donors (Lipinski definition) is 4. The maximum absolute atomic E-state index is 13.8. The number of anilines is 1. The monoisotopic (exact) mass is 660 g/mol. The summed E-state index contributed by atoms with van der Waals surface area (Å²) in [5.74, 6) is -1.42. The Hall–Kier alpha value is -4.58. The van der Waals surface area contributed by atoms with Gasteiger partial charge in [0.25, 0.3) is 11.8 Å². The molecule has 2 amide bonds. The molecule has 0 aromatic heterocycles. The lowest BCUT2D eigenvalue weighted by molar-refractivity contribution is 0.0825. The normalized spacial score (nSPS) is 14.0. The molecular weight excluding hydrogens is 619 g/mol. The van der Waals surface area contributed by atoms with Crippen LogP contribution >= 0.6 is 0 Å². The molecule has 4 aromatic carbocycles. The largest absolute Gasteiger partial charge is 0.390 e. The minimum atomic E-state index is -3.72. The average Bonchev–Trinajstić information content (AvgIpc) is 3.06. The fraction of sp³-hybridized carbons (Fsp3) is 0.278. The number of rotatable bonds is 14. The van der Waals surface area contributed by atoms with Gasteiger partial charge in [-0.05, 0) is 67.3 Å². The molecule has 0 aliphatic carbocycles. The van der Waals surface area contributed by atoms with Crippen molar-refractivity contribution in [1.29, 1.82) is 0 Å². The smallest absolute Gasteiger partial charge is 0.251 e. The standard InChI is InChI=1S/C36H41FN4O5S/c1-24(28-15-17-31(37)18-16-28)38-23-34(42)33(19-26-11-7-5-8-12-26)40-36(44)30-20-29(21-32(22-30)41(3)47(4,45)46)35(43)39-25(2)27-13-9-6-10-14-27/h5-18,20-22,24-25,33-34,38,42H,19,23H2,1-4H3,(H,39,43)(H,40,44)/t24-,25+,33-,34+/m0/s1. The topological polar surface area (TPSA) is 128 Å². The molecule has 4 rings (SSSR count). The molecule has 0 aliphatic heterocycles. The van der Waals surface area contributed by atoms with E-state index in [1.54, 1.807) is 12.1 Å². The fourth-order valence-electron chi connectivity index (χ4n) is 5.06. The number of halogens is 1. The molecule has 0 bridgehead atoms. The number of aliphatic hydroxyl groups is 1. The van der Waals surface area contributed by atoms with E-state index in [1.807, 2.05) is 74.5 Å². The Balaban J connectivity index is 1.59. The van der Waals surface area contributed by atoms with Crippen LogP contribution in [0.2, 0.25) is 0 Å². The fourth-order valence-corrected chi connectivity index (χ4v) is 5.55. The molecule has 4 N–H and O–H groups in total. The van der Waals surface area contributed by atoms with Gasteiger partial charge < -0.3 is 21.1 Å². The second-order valence-electron chi connectivity index (χ2n) is 11.6. The van der Waals surface area contributed by atoms with Crippen molar-refractivity contribution in [2.45, 2.75) is 44.5 Å². The van der Waals surface area contributed by atoms with Gasteiger partial charge in [0.15, 0.2) is 0 Å². The van der Waals surface area contributed by atoms with E-state index in [4.69, 9.17) is 0 Å². The molecule has 0 fully saturated rings. The molecule has 0 saturated carbocycles. The molecule has 0 unspecified atom stereocenters. The van der Waals surface area contributed by atoms with E-state index in [2.05, 4.69) is 16.0 Å². The van der Waals surface area contributed by atoms with Crippen molar-refractivity contribution in [1.82, 2.24) is 16.0 Å². The van der Waals surface area contributed by atoms with E-state index in [9.17, 15) is 27.5 Å². The number of benzene rings is 4. The lowest BCUT2D eigenvalue weighted by atomic mass is 9.99. The van der Waals surface area contributed by atoms with Gasteiger partial charge in [0.05, 0.1) is 30.1 Å². The van der Waals surface area contributed by atoms with Crippen molar-refractivity contribution in [3.63, 3.8) is 0 Å². The van der Waals surface area contributed by atoms with Gasteiger partial charge in [-0.2, -0.15) is 0 Å². The SMILES string of the molecule is C[C@H](NC[C@@H](O)[C@H](Cc1ccccc1)NC(=O)c1cc(C(=O)N[C@H](C)c2ccccc2)cc(N(C)S(C)(=O)=O)c1)c1ccc(F)cc1. The molecule has 11 heteroatoms. The summed E-state index contributed by atoms with van der Waals surface area (Å²) in [7, 11) is -2.38. The Morgan fingerprint density at radius 3 is 1.89 bits per heavy atom. The van der Waals surface area contributed by atoms with Crippen molar-refractivity contribution in [2.75, 3.05) is 24.2 Å². The predicted molar refractivity (Wildman–Crippen MR) is 182 cm³/mol. The first kappa shape index (κ1) is 35.3. The number of nitrogens with one attached hydrogen (secondary N) is 3. The number of carbonyl (C=O) groups excluding carboxylic acids is 2. The van der Waals surface area contributed by atoms with Crippen molar-refractivity contribution in [3.8, 4) is 0 Å². The summed E-state index contributed by atoms with van der Waals surface area (Å²) in [6, 6.07) is 27.7. The van der Waals surface area contributed by atoms with Crippen LogP contribution in [0.1, 0.15) is 63.3 Å². The summed E-state index contributed by atoms with van der Waals surface area (Å²) in [5.41, 5.74) is 2.87. The number of hydrogen-bond acceptors (Lipinski definition) is 6. The first-order valence-corrected chi connectivity index (χ1v) is 17.1. The van der Waals surface area contributed by atoms with E-state index in [0.29, 0.717) is 6.42 Å². The average molecular weight is 661 g/mol. The quantitative estimate of drug-likeness (QED) is 0.154. The van der Waals surface area contributed by atoms with Crippen LogP contribution in [-0.4, -0.2) is 57.3 Å². The zero-order valence-electron chi connectivity index (χ0n) is 26.9. The number of aliphatic hydroxyl groups excluding tert-OH is 1. The van der Waals surface area contributed by atoms with Gasteiger partial charge in [-0.15, -0.1) is 0 Å². The van der Waals surface area contributed by atoms with Gasteiger partial charge >= 0.3 is 0 Å². The van der Waals surface area contributed by atoms with Crippen LogP contribution in [0.3, 0.4) is 0 Å². The highest BCUT2D eigenvalue weighted by Gasteiger charge is 2.25. The molecule has 0 spiro atoms. The van der Waals surface area contributed by atoms with Crippen molar-refractivity contribution < 1.29 is 27.5 Å². The third kappa shape index (κ3) is 9.95. The Morgan fingerprint density at radius 2 is 1.32 bits per heavy atom. The highest BCUT2D eigenvalue weighted by atomic mass is 32.2. The summed E-state index contributed by atoms with van der Waals surface area (Å²) >= 11 is 0. The molecule has 4 aromatic rings. The maximum Gasteiger partial charge on any atom is 0.251 e. The zero-order chi connectivity index (χ0) is 34.1. The summed E-state index contributed by atoms with van der Waals surface area (Å²) < 4.78 is 39.3. The predicted octanol–water partition coefficient (Wildman–Crippen LogP) is 4.77. The number of amides is 2. The highest BCUT2D eigenvalue weighted by Crippen LogP contribution is 2.23. The molecule has 0 radical (unpaired) electrons. The number of nitrogens with zero attached hydrogens (tertiary/aromatic N) is 1. The molecule has 248 valence electrons.